The molecule has 4 N–H and O–H groups in total. The summed E-state index contributed by atoms with van der Waals surface area (Å²) < 4.78 is 4.82. The van der Waals surface area contributed by atoms with Gasteiger partial charge in [-0.05, 0) is 12.8 Å². The van der Waals surface area contributed by atoms with Gasteiger partial charge >= 0.3 is 0 Å². The summed E-state index contributed by atoms with van der Waals surface area (Å²) in [7, 11) is 1.46. The highest BCUT2D eigenvalue weighted by atomic mass is 35.5. The van der Waals surface area contributed by atoms with Crippen molar-refractivity contribution in [3.05, 3.63) is 11.8 Å². The number of nitrogens with two attached hydrogens (primary N) is 1. The fourth-order valence-electron chi connectivity index (χ4n) is 1.63. The van der Waals surface area contributed by atoms with E-state index in [1.165, 1.54) is 11.9 Å². The molecule has 0 fully saturated rings. The molecular weight excluding hydrogens is 338 g/mol. The van der Waals surface area contributed by atoms with E-state index in [0.29, 0.717) is 5.76 Å². The quantitative estimate of drug-likeness (QED) is 0.621. The van der Waals surface area contributed by atoms with Gasteiger partial charge in [-0.3, -0.25) is 14.4 Å². The van der Waals surface area contributed by atoms with E-state index >= 15 is 0 Å². The lowest BCUT2D eigenvalue weighted by Crippen LogP contribution is -2.48. The first kappa shape index (κ1) is 21.9. The van der Waals surface area contributed by atoms with Crippen LogP contribution in [0.1, 0.15) is 19.6 Å². The van der Waals surface area contributed by atoms with Crippen LogP contribution >= 0.6 is 12.4 Å². The Morgan fingerprint density at radius 2 is 2.00 bits per heavy atom. The minimum absolute atomic E-state index is 0. The first-order chi connectivity index (χ1) is 10.7. The van der Waals surface area contributed by atoms with E-state index in [4.69, 9.17) is 10.3 Å². The zero-order valence-corrected chi connectivity index (χ0v) is 15.0. The molecule has 10 heteroatoms. The van der Waals surface area contributed by atoms with Crippen LogP contribution < -0.4 is 16.4 Å². The number of carbonyl (C=O) groups excluding carboxylic acids is 3. The minimum Gasteiger partial charge on any atom is -0.360 e. The van der Waals surface area contributed by atoms with E-state index in [1.54, 1.807) is 13.0 Å². The van der Waals surface area contributed by atoms with Crippen LogP contribution in [0, 0.1) is 12.8 Å². The summed E-state index contributed by atoms with van der Waals surface area (Å²) in [6, 6.07) is 0.888. The van der Waals surface area contributed by atoms with Gasteiger partial charge < -0.3 is 25.8 Å². The number of halogens is 1. The zero-order chi connectivity index (χ0) is 17.6. The molecule has 0 spiro atoms. The third-order valence-corrected chi connectivity index (χ3v) is 3.14. The Balaban J connectivity index is 0.00000529. The topological polar surface area (TPSA) is 131 Å². The summed E-state index contributed by atoms with van der Waals surface area (Å²) in [5.41, 5.74) is 5.67. The number of amides is 3. The van der Waals surface area contributed by atoms with Gasteiger partial charge in [-0.15, -0.1) is 12.4 Å². The highest BCUT2D eigenvalue weighted by molar-refractivity contribution is 5.94. The van der Waals surface area contributed by atoms with E-state index in [-0.39, 0.29) is 37.2 Å². The number of nitrogens with zero attached hydrogens (tertiary/aromatic N) is 2. The zero-order valence-electron chi connectivity index (χ0n) is 14.2. The summed E-state index contributed by atoms with van der Waals surface area (Å²) in [6.45, 7) is 4.94. The average molecular weight is 362 g/mol. The maximum atomic E-state index is 11.9. The number of likely N-dealkylation sites (N-methyl/N-ethyl adjacent to an activating group) is 1. The molecule has 0 aliphatic rings. The van der Waals surface area contributed by atoms with Crippen molar-refractivity contribution in [1.82, 2.24) is 15.4 Å². The van der Waals surface area contributed by atoms with Crippen LogP contribution in [-0.4, -0.2) is 54.0 Å². The molecular formula is C14H24ClN5O4. The molecule has 1 heterocycles. The molecule has 0 saturated carbocycles. The van der Waals surface area contributed by atoms with E-state index in [1.807, 2.05) is 13.8 Å². The van der Waals surface area contributed by atoms with Gasteiger partial charge in [0.1, 0.15) is 5.76 Å². The van der Waals surface area contributed by atoms with Gasteiger partial charge in [0.05, 0.1) is 19.1 Å². The molecule has 0 aliphatic carbocycles. The Kier molecular flexibility index (Phi) is 9.01. The largest absolute Gasteiger partial charge is 0.360 e. The van der Waals surface area contributed by atoms with Crippen molar-refractivity contribution in [2.75, 3.05) is 25.5 Å². The maximum Gasteiger partial charge on any atom is 0.245 e. The van der Waals surface area contributed by atoms with E-state index < -0.39 is 23.8 Å². The number of hydrogen-bond donors (Lipinski definition) is 3. The van der Waals surface area contributed by atoms with Gasteiger partial charge in [0, 0.05) is 13.1 Å². The van der Waals surface area contributed by atoms with Crippen LogP contribution in [0.25, 0.3) is 0 Å². The number of anilines is 1. The second-order valence-corrected chi connectivity index (χ2v) is 5.61. The Bertz CT molecular complexity index is 575. The number of hydrogen-bond acceptors (Lipinski definition) is 6. The van der Waals surface area contributed by atoms with Gasteiger partial charge in [-0.1, -0.05) is 19.0 Å². The molecule has 1 atom stereocenters. The summed E-state index contributed by atoms with van der Waals surface area (Å²) in [5, 5.41) is 8.58. The molecule has 136 valence electrons. The smallest absolute Gasteiger partial charge is 0.245 e. The predicted octanol–water partition coefficient (Wildman–Crippen LogP) is -0.0988. The standard InChI is InChI=1S/C14H23N5O4.ClH/c1-8(2)13(15)14(22)16-6-12(21)19(4)7-11(20)17-10-5-9(3)23-18-10;/h5,8,13H,6-7,15H2,1-4H3,(H,16,22)(H,17,18,20);1H/t13-;/m0./s1. The number of aryl methyl sites for hydroxylation is 1. The summed E-state index contributed by atoms with van der Waals surface area (Å²) in [6.07, 6.45) is 0. The molecule has 1 aromatic rings. The average Bonchev–Trinajstić information content (AvgIpc) is 2.87. The van der Waals surface area contributed by atoms with Crippen LogP contribution in [0.3, 0.4) is 0 Å². The molecule has 24 heavy (non-hydrogen) atoms. The SMILES string of the molecule is Cc1cc(NC(=O)CN(C)C(=O)CNC(=O)[C@@H](N)C(C)C)no1.Cl. The van der Waals surface area contributed by atoms with Crippen molar-refractivity contribution in [1.29, 1.82) is 0 Å². The molecule has 0 saturated heterocycles. The number of nitrogens with one attached hydrogen (secondary N) is 2. The third-order valence-electron chi connectivity index (χ3n) is 3.14. The molecule has 0 radical (unpaired) electrons. The van der Waals surface area contributed by atoms with Crippen LogP contribution in [0.4, 0.5) is 5.82 Å². The summed E-state index contributed by atoms with van der Waals surface area (Å²) >= 11 is 0. The Morgan fingerprint density at radius 3 is 2.50 bits per heavy atom. The van der Waals surface area contributed by atoms with Crippen molar-refractivity contribution >= 4 is 35.9 Å². The fourth-order valence-corrected chi connectivity index (χ4v) is 1.63. The van der Waals surface area contributed by atoms with Gasteiger partial charge in [0.25, 0.3) is 0 Å². The lowest BCUT2D eigenvalue weighted by Gasteiger charge is -2.18. The van der Waals surface area contributed by atoms with Crippen LogP contribution in [-0.2, 0) is 14.4 Å². The molecule has 9 nitrogen and oxygen atoms in total. The molecule has 0 aromatic carbocycles. The van der Waals surface area contributed by atoms with E-state index in [2.05, 4.69) is 15.8 Å². The Labute approximate surface area is 146 Å². The van der Waals surface area contributed by atoms with E-state index in [0.717, 1.165) is 0 Å². The van der Waals surface area contributed by atoms with Gasteiger partial charge in [-0.2, -0.15) is 0 Å². The monoisotopic (exact) mass is 361 g/mol. The van der Waals surface area contributed by atoms with Crippen molar-refractivity contribution in [3.8, 4) is 0 Å². The highest BCUT2D eigenvalue weighted by Crippen LogP contribution is 2.06. The van der Waals surface area contributed by atoms with Crippen molar-refractivity contribution in [3.63, 3.8) is 0 Å². The lowest BCUT2D eigenvalue weighted by atomic mass is 10.1. The highest BCUT2D eigenvalue weighted by Gasteiger charge is 2.19. The Hall–Kier alpha value is -2.13. The summed E-state index contributed by atoms with van der Waals surface area (Å²) in [5.74, 6) is -0.401. The van der Waals surface area contributed by atoms with Gasteiger partial charge in [0.2, 0.25) is 17.7 Å². The fraction of sp³-hybridized carbons (Fsp3) is 0.571. The lowest BCUT2D eigenvalue weighted by molar-refractivity contribution is -0.134. The molecule has 0 aliphatic heterocycles. The molecule has 0 unspecified atom stereocenters. The number of carbonyl (C=O) groups is 3. The van der Waals surface area contributed by atoms with Crippen LogP contribution in [0.5, 0.6) is 0 Å². The normalized spacial score (nSPS) is 11.4. The summed E-state index contributed by atoms with van der Waals surface area (Å²) in [4.78, 5) is 36.5. The maximum absolute atomic E-state index is 11.9. The van der Waals surface area contributed by atoms with E-state index in [9.17, 15) is 14.4 Å². The predicted molar refractivity (Wildman–Crippen MR) is 90.6 cm³/mol. The molecule has 0 bridgehead atoms. The van der Waals surface area contributed by atoms with Crippen LogP contribution in [0.15, 0.2) is 10.6 Å². The first-order valence-corrected chi connectivity index (χ1v) is 7.21. The van der Waals surface area contributed by atoms with Crippen LogP contribution in [0.2, 0.25) is 0 Å². The Morgan fingerprint density at radius 1 is 1.38 bits per heavy atom. The van der Waals surface area contributed by atoms with Crippen molar-refractivity contribution in [2.24, 2.45) is 11.7 Å². The third kappa shape index (κ3) is 6.97. The van der Waals surface area contributed by atoms with Gasteiger partial charge in [-0.25, -0.2) is 0 Å². The second-order valence-electron chi connectivity index (χ2n) is 5.61. The van der Waals surface area contributed by atoms with Crippen molar-refractivity contribution in [2.45, 2.75) is 26.8 Å². The molecule has 1 aromatic heterocycles. The van der Waals surface area contributed by atoms with Gasteiger partial charge in [0.15, 0.2) is 5.82 Å². The number of aromatic nitrogens is 1. The minimum atomic E-state index is -0.674. The molecule has 3 amide bonds. The van der Waals surface area contributed by atoms with Crippen molar-refractivity contribution < 1.29 is 18.9 Å². The first-order valence-electron chi connectivity index (χ1n) is 7.21. The molecule has 1 rings (SSSR count). The second kappa shape index (κ2) is 9.89. The number of rotatable bonds is 7.